The zero-order valence-corrected chi connectivity index (χ0v) is 22.6. The van der Waals surface area contributed by atoms with Gasteiger partial charge in [-0.05, 0) is 61.6 Å². The molecular weight excluding hydrogens is 488 g/mol. The van der Waals surface area contributed by atoms with Gasteiger partial charge in [0.15, 0.2) is 11.5 Å². The van der Waals surface area contributed by atoms with E-state index in [4.69, 9.17) is 14.2 Å². The van der Waals surface area contributed by atoms with Gasteiger partial charge in [-0.2, -0.15) is 5.26 Å². The van der Waals surface area contributed by atoms with Crippen LogP contribution in [0.4, 0.5) is 5.13 Å². The number of hydrogen-bond donors (Lipinski definition) is 1. The number of benzene rings is 2. The first kappa shape index (κ1) is 27.7. The van der Waals surface area contributed by atoms with Gasteiger partial charge in [-0.1, -0.05) is 49.4 Å². The summed E-state index contributed by atoms with van der Waals surface area (Å²) in [5, 5.41) is 21.5. The first-order valence-corrected chi connectivity index (χ1v) is 13.0. The molecule has 0 radical (unpaired) electrons. The fourth-order valence-electron chi connectivity index (χ4n) is 3.54. The standard InChI is InChI=1S/C28H32N4O4S/c1-6-34-24-16-21(10-11-23(24)35-12-13-36-26-19(4)8-7-9-20(26)5)15-22(17-29)27(33)30-28-32-31-25(37-28)14-18(2)3/h7-11,15-16,18H,6,12-14H2,1-5H3,(H,30,32,33)/b22-15-. The van der Waals surface area contributed by atoms with E-state index >= 15 is 0 Å². The summed E-state index contributed by atoms with van der Waals surface area (Å²) < 4.78 is 17.6. The molecule has 0 atom stereocenters. The van der Waals surface area contributed by atoms with Crippen LogP contribution in [0.3, 0.4) is 0 Å². The Morgan fingerprint density at radius 1 is 1.08 bits per heavy atom. The van der Waals surface area contributed by atoms with Crippen LogP contribution in [0, 0.1) is 31.1 Å². The van der Waals surface area contributed by atoms with Crippen molar-refractivity contribution >= 4 is 28.5 Å². The van der Waals surface area contributed by atoms with Gasteiger partial charge >= 0.3 is 0 Å². The summed E-state index contributed by atoms with van der Waals surface area (Å²) in [6.45, 7) is 11.2. The van der Waals surface area contributed by atoms with Crippen LogP contribution >= 0.6 is 11.3 Å². The molecular formula is C28H32N4O4S. The highest BCUT2D eigenvalue weighted by atomic mass is 32.1. The second-order valence-electron chi connectivity index (χ2n) is 8.78. The Kier molecular flexibility index (Phi) is 10.0. The Morgan fingerprint density at radius 3 is 2.49 bits per heavy atom. The van der Waals surface area contributed by atoms with E-state index in [1.54, 1.807) is 18.2 Å². The number of carbonyl (C=O) groups is 1. The molecule has 0 bridgehead atoms. The van der Waals surface area contributed by atoms with Gasteiger partial charge in [0.2, 0.25) is 5.13 Å². The molecule has 0 aliphatic heterocycles. The van der Waals surface area contributed by atoms with Crippen LogP contribution in [0.5, 0.6) is 17.2 Å². The van der Waals surface area contributed by atoms with Crippen molar-refractivity contribution in [3.63, 3.8) is 0 Å². The number of hydrogen-bond acceptors (Lipinski definition) is 8. The average molecular weight is 521 g/mol. The van der Waals surface area contributed by atoms with Gasteiger partial charge in [0.1, 0.15) is 35.6 Å². The molecule has 0 fully saturated rings. The van der Waals surface area contributed by atoms with Gasteiger partial charge < -0.3 is 14.2 Å². The number of amides is 1. The molecule has 1 amide bonds. The van der Waals surface area contributed by atoms with Gasteiger partial charge in [-0.25, -0.2) is 0 Å². The maximum Gasteiger partial charge on any atom is 0.268 e. The number of nitrogens with one attached hydrogen (secondary N) is 1. The zero-order valence-electron chi connectivity index (χ0n) is 21.8. The lowest BCUT2D eigenvalue weighted by molar-refractivity contribution is -0.112. The molecule has 8 nitrogen and oxygen atoms in total. The van der Waals surface area contributed by atoms with Crippen LogP contribution in [0.1, 0.15) is 42.5 Å². The first-order valence-electron chi connectivity index (χ1n) is 12.1. The minimum atomic E-state index is -0.545. The third-order valence-electron chi connectivity index (χ3n) is 5.21. The number of aromatic nitrogens is 2. The van der Waals surface area contributed by atoms with Gasteiger partial charge in [-0.15, -0.1) is 10.2 Å². The van der Waals surface area contributed by atoms with Crippen LogP contribution in [0.2, 0.25) is 0 Å². The molecule has 1 aromatic heterocycles. The maximum absolute atomic E-state index is 12.7. The van der Waals surface area contributed by atoms with E-state index in [0.29, 0.717) is 47.9 Å². The molecule has 37 heavy (non-hydrogen) atoms. The number of para-hydroxylation sites is 1. The number of nitriles is 1. The molecule has 0 spiro atoms. The fraction of sp³-hybridized carbons (Fsp3) is 0.357. The number of aryl methyl sites for hydroxylation is 2. The summed E-state index contributed by atoms with van der Waals surface area (Å²) in [6, 6.07) is 13.2. The second kappa shape index (κ2) is 13.4. The highest BCUT2D eigenvalue weighted by Crippen LogP contribution is 2.30. The van der Waals surface area contributed by atoms with E-state index in [9.17, 15) is 10.1 Å². The minimum absolute atomic E-state index is 0.0567. The summed E-state index contributed by atoms with van der Waals surface area (Å²) in [4.78, 5) is 12.7. The second-order valence-corrected chi connectivity index (χ2v) is 9.84. The zero-order chi connectivity index (χ0) is 26.8. The summed E-state index contributed by atoms with van der Waals surface area (Å²) in [6.07, 6.45) is 2.28. The van der Waals surface area contributed by atoms with Crippen molar-refractivity contribution in [2.24, 2.45) is 5.92 Å². The average Bonchev–Trinajstić information content (AvgIpc) is 3.28. The van der Waals surface area contributed by atoms with Crippen LogP contribution in [-0.2, 0) is 11.2 Å². The van der Waals surface area contributed by atoms with E-state index in [-0.39, 0.29) is 5.57 Å². The number of ether oxygens (including phenoxy) is 3. The van der Waals surface area contributed by atoms with Crippen molar-refractivity contribution in [1.29, 1.82) is 5.26 Å². The monoisotopic (exact) mass is 520 g/mol. The third kappa shape index (κ3) is 8.05. The predicted molar refractivity (Wildman–Crippen MR) is 145 cm³/mol. The summed E-state index contributed by atoms with van der Waals surface area (Å²) in [5.74, 6) is 1.82. The van der Waals surface area contributed by atoms with E-state index in [1.165, 1.54) is 17.4 Å². The number of nitrogens with zero attached hydrogens (tertiary/aromatic N) is 3. The molecule has 0 aliphatic rings. The van der Waals surface area contributed by atoms with Gasteiger partial charge in [0.25, 0.3) is 5.91 Å². The lowest BCUT2D eigenvalue weighted by Crippen LogP contribution is -2.13. The van der Waals surface area contributed by atoms with Crippen molar-refractivity contribution in [1.82, 2.24) is 10.2 Å². The molecule has 0 aliphatic carbocycles. The molecule has 194 valence electrons. The lowest BCUT2D eigenvalue weighted by atomic mass is 10.1. The molecule has 3 rings (SSSR count). The Hall–Kier alpha value is -3.90. The topological polar surface area (TPSA) is 106 Å². The number of anilines is 1. The van der Waals surface area contributed by atoms with Crippen LogP contribution in [0.25, 0.3) is 6.08 Å². The molecule has 9 heteroatoms. The fourth-order valence-corrected chi connectivity index (χ4v) is 4.49. The van der Waals surface area contributed by atoms with E-state index in [0.717, 1.165) is 28.3 Å². The normalized spacial score (nSPS) is 11.2. The predicted octanol–water partition coefficient (Wildman–Crippen LogP) is 5.76. The summed E-state index contributed by atoms with van der Waals surface area (Å²) >= 11 is 1.31. The van der Waals surface area contributed by atoms with Crippen LogP contribution < -0.4 is 19.5 Å². The van der Waals surface area contributed by atoms with Crippen LogP contribution in [0.15, 0.2) is 42.0 Å². The Morgan fingerprint density at radius 2 is 1.81 bits per heavy atom. The Labute approximate surface area is 221 Å². The molecule has 2 aromatic carbocycles. The third-order valence-corrected chi connectivity index (χ3v) is 6.07. The maximum atomic E-state index is 12.7. The van der Waals surface area contributed by atoms with Crippen molar-refractivity contribution in [3.05, 3.63) is 63.7 Å². The van der Waals surface area contributed by atoms with Crippen LogP contribution in [-0.4, -0.2) is 35.9 Å². The highest BCUT2D eigenvalue weighted by molar-refractivity contribution is 7.15. The van der Waals surface area contributed by atoms with E-state index in [2.05, 4.69) is 29.4 Å². The van der Waals surface area contributed by atoms with Crippen molar-refractivity contribution in [2.75, 3.05) is 25.1 Å². The molecule has 1 heterocycles. The van der Waals surface area contributed by atoms with Crippen molar-refractivity contribution in [2.45, 2.75) is 41.0 Å². The molecule has 0 saturated heterocycles. The Bertz CT molecular complexity index is 1270. The quantitative estimate of drug-likeness (QED) is 0.184. The molecule has 0 unspecified atom stereocenters. The van der Waals surface area contributed by atoms with Gasteiger partial charge in [-0.3, -0.25) is 10.1 Å². The molecule has 1 N–H and O–H groups in total. The number of carbonyl (C=O) groups excluding carboxylic acids is 1. The summed E-state index contributed by atoms with van der Waals surface area (Å²) in [5.41, 5.74) is 2.72. The minimum Gasteiger partial charge on any atom is -0.490 e. The van der Waals surface area contributed by atoms with E-state index < -0.39 is 5.91 Å². The molecule has 0 saturated carbocycles. The van der Waals surface area contributed by atoms with Crippen molar-refractivity contribution < 1.29 is 19.0 Å². The highest BCUT2D eigenvalue weighted by Gasteiger charge is 2.14. The van der Waals surface area contributed by atoms with Crippen molar-refractivity contribution in [3.8, 4) is 23.3 Å². The van der Waals surface area contributed by atoms with Gasteiger partial charge in [0.05, 0.1) is 6.61 Å². The SMILES string of the molecule is CCOc1cc(/C=C(/C#N)C(=O)Nc2nnc(CC(C)C)s2)ccc1OCCOc1c(C)cccc1C. The van der Waals surface area contributed by atoms with Gasteiger partial charge in [0, 0.05) is 6.42 Å². The van der Waals surface area contributed by atoms with E-state index in [1.807, 2.05) is 45.0 Å². The smallest absolute Gasteiger partial charge is 0.268 e. The number of rotatable bonds is 12. The first-order chi connectivity index (χ1) is 17.8. The summed E-state index contributed by atoms with van der Waals surface area (Å²) in [7, 11) is 0. The largest absolute Gasteiger partial charge is 0.490 e. The Balaban J connectivity index is 1.66. The molecule has 3 aromatic rings. The lowest BCUT2D eigenvalue weighted by Gasteiger charge is -2.15.